The summed E-state index contributed by atoms with van der Waals surface area (Å²) in [6.07, 6.45) is 4.02. The van der Waals surface area contributed by atoms with Gasteiger partial charge in [-0.05, 0) is 55.1 Å². The fraction of sp³-hybridized carbons (Fsp3) is 0.455. The summed E-state index contributed by atoms with van der Waals surface area (Å²) < 4.78 is 0. The van der Waals surface area contributed by atoms with Crippen LogP contribution >= 0.6 is 35.7 Å². The number of guanidine groups is 1. The Labute approximate surface area is 201 Å². The zero-order valence-corrected chi connectivity index (χ0v) is 21.5. The second kappa shape index (κ2) is 12.4. The summed E-state index contributed by atoms with van der Waals surface area (Å²) in [5.74, 6) is 1.86. The molecule has 0 unspecified atom stereocenters. The van der Waals surface area contributed by atoms with Crippen LogP contribution in [0, 0.1) is 6.92 Å². The molecular weight excluding hydrogens is 507 g/mol. The van der Waals surface area contributed by atoms with Crippen LogP contribution in [0.1, 0.15) is 16.7 Å². The van der Waals surface area contributed by atoms with Crippen LogP contribution in [0.2, 0.25) is 0 Å². The first-order chi connectivity index (χ1) is 14.1. The molecular formula is C22H33IN6S. The highest BCUT2D eigenvalue weighted by Crippen LogP contribution is 2.21. The first-order valence-electron chi connectivity index (χ1n) is 10.1. The molecule has 2 aromatic rings. The second-order valence-electron chi connectivity index (χ2n) is 7.41. The number of nitrogens with one attached hydrogen (secondary N) is 2. The Balaban J connectivity index is 0.00000320. The minimum absolute atomic E-state index is 0. The third kappa shape index (κ3) is 7.02. The van der Waals surface area contributed by atoms with Crippen LogP contribution in [0.5, 0.6) is 0 Å². The fourth-order valence-corrected chi connectivity index (χ4v) is 4.07. The summed E-state index contributed by atoms with van der Waals surface area (Å²) in [5, 5.41) is 6.85. The van der Waals surface area contributed by atoms with E-state index in [1.807, 2.05) is 13.2 Å². The monoisotopic (exact) mass is 540 g/mol. The van der Waals surface area contributed by atoms with Crippen molar-refractivity contribution in [3.63, 3.8) is 0 Å². The number of halogens is 1. The lowest BCUT2D eigenvalue weighted by molar-refractivity contribution is 0.312. The molecule has 0 amide bonds. The maximum Gasteiger partial charge on any atom is 0.191 e. The summed E-state index contributed by atoms with van der Waals surface area (Å²) >= 11 is 1.78. The van der Waals surface area contributed by atoms with Crippen molar-refractivity contribution < 1.29 is 0 Å². The highest BCUT2D eigenvalue weighted by atomic mass is 127. The average molecular weight is 541 g/mol. The molecule has 30 heavy (non-hydrogen) atoms. The summed E-state index contributed by atoms with van der Waals surface area (Å²) in [6, 6.07) is 10.8. The third-order valence-corrected chi connectivity index (χ3v) is 6.03. The zero-order valence-electron chi connectivity index (χ0n) is 18.3. The second-order valence-corrected chi connectivity index (χ2v) is 8.26. The van der Waals surface area contributed by atoms with Crippen molar-refractivity contribution in [2.75, 3.05) is 51.4 Å². The van der Waals surface area contributed by atoms with Gasteiger partial charge >= 0.3 is 0 Å². The van der Waals surface area contributed by atoms with Crippen molar-refractivity contribution in [1.29, 1.82) is 0 Å². The quantitative estimate of drug-likeness (QED) is 0.254. The van der Waals surface area contributed by atoms with Gasteiger partial charge in [-0.25, -0.2) is 4.98 Å². The molecule has 3 rings (SSSR count). The van der Waals surface area contributed by atoms with E-state index in [1.54, 1.807) is 11.8 Å². The lowest BCUT2D eigenvalue weighted by Crippen LogP contribution is -2.44. The number of aliphatic imine (C=N–C) groups is 1. The molecule has 0 saturated carbocycles. The first kappa shape index (κ1) is 24.7. The molecule has 164 valence electrons. The molecule has 8 heteroatoms. The molecule has 0 atom stereocenters. The number of aryl methyl sites for hydroxylation is 1. The molecule has 0 spiro atoms. The Kier molecular flexibility index (Phi) is 10.2. The van der Waals surface area contributed by atoms with Crippen molar-refractivity contribution in [2.24, 2.45) is 4.99 Å². The van der Waals surface area contributed by atoms with E-state index in [-0.39, 0.29) is 24.0 Å². The van der Waals surface area contributed by atoms with Gasteiger partial charge in [0.25, 0.3) is 0 Å². The predicted octanol–water partition coefficient (Wildman–Crippen LogP) is 3.35. The number of piperazine rings is 1. The molecule has 6 nitrogen and oxygen atoms in total. The Morgan fingerprint density at radius 2 is 1.83 bits per heavy atom. The molecule has 1 aliphatic heterocycles. The summed E-state index contributed by atoms with van der Waals surface area (Å²) in [5.41, 5.74) is 3.78. The topological polar surface area (TPSA) is 55.8 Å². The van der Waals surface area contributed by atoms with Gasteiger partial charge in [0.1, 0.15) is 5.82 Å². The van der Waals surface area contributed by atoms with E-state index in [9.17, 15) is 0 Å². The van der Waals surface area contributed by atoms with Crippen molar-refractivity contribution in [3.05, 3.63) is 53.2 Å². The van der Waals surface area contributed by atoms with Gasteiger partial charge in [0.15, 0.2) is 5.96 Å². The summed E-state index contributed by atoms with van der Waals surface area (Å²) in [6.45, 7) is 7.80. The first-order valence-corrected chi connectivity index (χ1v) is 11.3. The molecule has 1 aliphatic rings. The Morgan fingerprint density at radius 1 is 1.10 bits per heavy atom. The largest absolute Gasteiger partial charge is 0.354 e. The third-order valence-electron chi connectivity index (χ3n) is 5.21. The zero-order chi connectivity index (χ0) is 20.6. The molecule has 1 aromatic heterocycles. The van der Waals surface area contributed by atoms with Crippen molar-refractivity contribution >= 4 is 47.5 Å². The van der Waals surface area contributed by atoms with Crippen LogP contribution < -0.4 is 15.5 Å². The van der Waals surface area contributed by atoms with Crippen molar-refractivity contribution in [1.82, 2.24) is 20.5 Å². The van der Waals surface area contributed by atoms with Crippen LogP contribution in [0.25, 0.3) is 0 Å². The van der Waals surface area contributed by atoms with E-state index in [0.717, 1.165) is 44.5 Å². The molecule has 1 saturated heterocycles. The lowest BCUT2D eigenvalue weighted by atomic mass is 10.1. The number of nitrogens with zero attached hydrogens (tertiary/aromatic N) is 4. The number of rotatable bonds is 6. The molecule has 2 N–H and O–H groups in total. The van der Waals surface area contributed by atoms with Gasteiger partial charge in [-0.1, -0.05) is 12.1 Å². The highest BCUT2D eigenvalue weighted by molar-refractivity contribution is 14.0. The van der Waals surface area contributed by atoms with E-state index in [4.69, 9.17) is 0 Å². The molecule has 1 aromatic carbocycles. The van der Waals surface area contributed by atoms with Crippen LogP contribution in [-0.2, 0) is 13.1 Å². The van der Waals surface area contributed by atoms with Gasteiger partial charge in [-0.2, -0.15) is 0 Å². The van der Waals surface area contributed by atoms with Gasteiger partial charge < -0.3 is 20.4 Å². The lowest BCUT2D eigenvalue weighted by Gasteiger charge is -2.33. The Bertz CT molecular complexity index is 836. The average Bonchev–Trinajstić information content (AvgIpc) is 2.75. The predicted molar refractivity (Wildman–Crippen MR) is 139 cm³/mol. The number of hydrogen-bond donors (Lipinski definition) is 2. The normalized spacial score (nSPS) is 14.9. The SMILES string of the molecule is CN=C(NCc1ccnc(N2CCN(C)CC2)c1)NCc1ccc(C)cc1SC.I. The standard InChI is InChI=1S/C22H32N6S.HI/c1-17-5-6-19(20(13-17)29-4)16-26-22(23-2)25-15-18-7-8-24-21(14-18)28-11-9-27(3)10-12-28;/h5-8,13-14H,9-12,15-16H2,1-4H3,(H2,23,25,26);1H. The van der Waals surface area contributed by atoms with Crippen LogP contribution in [0.4, 0.5) is 5.82 Å². The number of benzene rings is 1. The molecule has 2 heterocycles. The smallest absolute Gasteiger partial charge is 0.191 e. The van der Waals surface area contributed by atoms with Crippen LogP contribution in [0.15, 0.2) is 46.4 Å². The maximum atomic E-state index is 4.57. The minimum Gasteiger partial charge on any atom is -0.354 e. The number of pyridine rings is 1. The minimum atomic E-state index is 0. The van der Waals surface area contributed by atoms with E-state index in [0.29, 0.717) is 6.54 Å². The van der Waals surface area contributed by atoms with Gasteiger partial charge in [0.2, 0.25) is 0 Å². The maximum absolute atomic E-state index is 4.57. The van der Waals surface area contributed by atoms with Gasteiger partial charge in [-0.15, -0.1) is 35.7 Å². The molecule has 1 fully saturated rings. The van der Waals surface area contributed by atoms with Crippen molar-refractivity contribution in [2.45, 2.75) is 24.9 Å². The van der Waals surface area contributed by atoms with E-state index in [2.05, 4.69) is 81.0 Å². The molecule has 0 bridgehead atoms. The van der Waals surface area contributed by atoms with E-state index < -0.39 is 0 Å². The van der Waals surface area contributed by atoms with Gasteiger partial charge in [0.05, 0.1) is 0 Å². The summed E-state index contributed by atoms with van der Waals surface area (Å²) in [4.78, 5) is 15.0. The number of likely N-dealkylation sites (N-methyl/N-ethyl adjacent to an activating group) is 1. The Morgan fingerprint density at radius 3 is 2.53 bits per heavy atom. The van der Waals surface area contributed by atoms with Crippen LogP contribution in [-0.4, -0.2) is 62.4 Å². The fourth-order valence-electron chi connectivity index (χ4n) is 3.36. The van der Waals surface area contributed by atoms with Crippen molar-refractivity contribution in [3.8, 4) is 0 Å². The molecule has 0 radical (unpaired) electrons. The number of anilines is 1. The van der Waals surface area contributed by atoms with E-state index in [1.165, 1.54) is 21.6 Å². The van der Waals surface area contributed by atoms with Crippen LogP contribution in [0.3, 0.4) is 0 Å². The van der Waals surface area contributed by atoms with Gasteiger partial charge in [-0.3, -0.25) is 4.99 Å². The number of aromatic nitrogens is 1. The number of hydrogen-bond acceptors (Lipinski definition) is 5. The Hall–Kier alpha value is -1.52. The van der Waals surface area contributed by atoms with Gasteiger partial charge in [0, 0.05) is 57.4 Å². The van der Waals surface area contributed by atoms with E-state index >= 15 is 0 Å². The molecule has 0 aliphatic carbocycles. The summed E-state index contributed by atoms with van der Waals surface area (Å²) in [7, 11) is 3.98. The number of thioether (sulfide) groups is 1. The highest BCUT2D eigenvalue weighted by Gasteiger charge is 2.15.